The number of benzene rings is 5. The van der Waals surface area contributed by atoms with Crippen LogP contribution in [0.3, 0.4) is 0 Å². The molecule has 150 heavy (non-hydrogen) atoms. The van der Waals surface area contributed by atoms with E-state index >= 15 is 52.7 Å². The summed E-state index contributed by atoms with van der Waals surface area (Å²) in [6.45, 7) is 9.09. The fraction of sp³-hybridized carbons (Fsp3) is 0.500. The lowest BCUT2D eigenvalue weighted by Gasteiger charge is -2.36. The number of phenols is 1. The van der Waals surface area contributed by atoms with Crippen molar-refractivity contribution in [1.82, 2.24) is 97.9 Å². The van der Waals surface area contributed by atoms with Gasteiger partial charge in [0.15, 0.2) is 0 Å². The van der Waals surface area contributed by atoms with E-state index in [0.717, 1.165) is 48.7 Å². The van der Waals surface area contributed by atoms with Gasteiger partial charge in [0.2, 0.25) is 106 Å². The number of hydrogen-bond donors (Lipinski definition) is 17. The molecule has 806 valence electrons. The Kier molecular flexibility index (Phi) is 40.0. The van der Waals surface area contributed by atoms with Gasteiger partial charge in [-0.2, -0.15) is 0 Å². The largest absolute Gasteiger partial charge is 0.508 e. The second-order valence-corrected chi connectivity index (χ2v) is 41.0. The number of aromatic amines is 1. The number of ether oxygens (including phenoxy) is 1. The van der Waals surface area contributed by atoms with E-state index in [0.29, 0.717) is 64.2 Å². The summed E-state index contributed by atoms with van der Waals surface area (Å²) >= 11 is 0.787. The van der Waals surface area contributed by atoms with Gasteiger partial charge in [0, 0.05) is 112 Å². The number of likely N-dealkylation sites (N-methyl/N-ethyl adjacent to an activating group) is 3. The summed E-state index contributed by atoms with van der Waals surface area (Å²) in [5, 5.41) is 55.7. The molecule has 43 nitrogen and oxygen atoms in total. The SMILES string of the molecule is CCCC[C@H]1C(=O)N(C)[C@@H](CCCC)C(=O)N[C@@H](CC(C)C)C(=O)N[C@H](C(=O)NCC(N)=O)CSCC(=O)N[C@@H](Cc2ccc(O)cc2)C(=O)N(C)[C@@H](C)C(=O)N[C@@H](CC(N)=O)C(=O)N2CCC[C@H]2C(=O)N[C@@H](CNC(=O)OCC2c3ccccc3-c3ccccc32)C(=O)N[C@@H](CC(C)C)C(=O)N2C[C@H](O)C[C@H]2C(=O)N[C@@H](Cc2c[nH]c3ccccc23)C(=O)N[C@H]2CCNC(=O)Cn3cc(c4ccccc43)C[C@H](NC2=O)C(=O)N1C. The first kappa shape index (κ1) is 114. The minimum atomic E-state index is -1.85. The summed E-state index contributed by atoms with van der Waals surface area (Å²) < 4.78 is 7.57. The molecule has 0 unspecified atom stereocenters. The first-order chi connectivity index (χ1) is 71.6. The Morgan fingerprint density at radius 2 is 1.13 bits per heavy atom. The molecule has 0 radical (unpaired) electrons. The Bertz CT molecular complexity index is 6090. The summed E-state index contributed by atoms with van der Waals surface area (Å²) in [5.74, 6) is -18.9. The second kappa shape index (κ2) is 52.8. The molecule has 0 spiro atoms. The number of unbranched alkanes of at least 4 members (excludes halogenated alkanes) is 2. The summed E-state index contributed by atoms with van der Waals surface area (Å²) in [4.78, 5) is 292. The van der Waals surface area contributed by atoms with Gasteiger partial charge in [-0.25, -0.2) is 4.79 Å². The van der Waals surface area contributed by atoms with Crippen molar-refractivity contribution in [3.8, 4) is 16.9 Å². The topological polar surface area (TPSA) is 607 Å². The molecule has 7 aromatic rings. The highest BCUT2D eigenvalue weighted by Crippen LogP contribution is 2.45. The number of hydrogen-bond acceptors (Lipinski definition) is 23. The lowest BCUT2D eigenvalue weighted by atomic mass is 9.98. The van der Waals surface area contributed by atoms with E-state index in [1.165, 1.54) is 62.1 Å². The van der Waals surface area contributed by atoms with Crippen LogP contribution in [-0.4, -0.2) is 319 Å². The van der Waals surface area contributed by atoms with Crippen LogP contribution in [-0.2, 0) is 117 Å². The number of aromatic hydroxyl groups is 1. The number of carbonyl (C=O) groups is 19. The molecular formula is C106H139N21O22S. The number of fused-ring (bicyclic) bond motifs is 14. The van der Waals surface area contributed by atoms with Crippen molar-refractivity contribution < 1.29 is 106 Å². The number of para-hydroxylation sites is 2. The number of nitrogens with two attached hydrogens (primary N) is 2. The Balaban J connectivity index is 0.910. The number of H-pyrrole nitrogens is 1. The molecular weight excluding hydrogens is 1950 g/mol. The number of phenolic OH excluding ortho intramolecular Hbond substituents is 1. The zero-order valence-electron chi connectivity index (χ0n) is 86.1. The maximum absolute atomic E-state index is 16.1. The van der Waals surface area contributed by atoms with Crippen LogP contribution in [0.2, 0.25) is 0 Å². The Labute approximate surface area is 873 Å². The molecule has 3 fully saturated rings. The van der Waals surface area contributed by atoms with Gasteiger partial charge in [-0.3, -0.25) is 86.3 Å². The predicted molar refractivity (Wildman–Crippen MR) is 555 cm³/mol. The van der Waals surface area contributed by atoms with Crippen LogP contribution in [0.4, 0.5) is 4.79 Å². The van der Waals surface area contributed by atoms with Crippen LogP contribution in [0.15, 0.2) is 134 Å². The molecule has 4 aliphatic heterocycles. The summed E-state index contributed by atoms with van der Waals surface area (Å²) in [6, 6.07) is 12.7. The van der Waals surface area contributed by atoms with Gasteiger partial charge in [0.1, 0.15) is 103 Å². The first-order valence-electron chi connectivity index (χ1n) is 51.1. The van der Waals surface area contributed by atoms with Crippen molar-refractivity contribution >= 4 is 146 Å². The Morgan fingerprint density at radius 1 is 0.540 bits per heavy atom. The molecule has 19 N–H and O–H groups in total. The molecule has 0 saturated carbocycles. The third-order valence-corrected chi connectivity index (χ3v) is 29.0. The number of thioether (sulfide) groups is 1. The smallest absolute Gasteiger partial charge is 0.407 e. The van der Waals surface area contributed by atoms with Crippen LogP contribution < -0.4 is 75.3 Å². The van der Waals surface area contributed by atoms with Crippen molar-refractivity contribution in [3.63, 3.8) is 0 Å². The molecule has 19 amide bonds. The van der Waals surface area contributed by atoms with Gasteiger partial charge in [0.05, 0.1) is 31.4 Å². The van der Waals surface area contributed by atoms with E-state index < -0.39 is 259 Å². The van der Waals surface area contributed by atoms with Gasteiger partial charge < -0.3 is 124 Å². The van der Waals surface area contributed by atoms with E-state index in [9.17, 15) is 48.6 Å². The summed E-state index contributed by atoms with van der Waals surface area (Å²) in [7, 11) is 3.98. The second-order valence-electron chi connectivity index (χ2n) is 39.9. The average Bonchev–Trinajstić information content (AvgIpc) is 1.61. The van der Waals surface area contributed by atoms with Gasteiger partial charge in [-0.1, -0.05) is 164 Å². The Hall–Kier alpha value is -15.0. The number of rotatable bonds is 23. The highest BCUT2D eigenvalue weighted by Gasteiger charge is 2.48. The van der Waals surface area contributed by atoms with Crippen LogP contribution in [0.1, 0.15) is 166 Å². The lowest BCUT2D eigenvalue weighted by molar-refractivity contribution is -0.149. The normalized spacial score (nSPS) is 24.4. The predicted octanol–water partition coefficient (Wildman–Crippen LogP) is 1.43. The van der Waals surface area contributed by atoms with Crippen LogP contribution in [0.25, 0.3) is 32.9 Å². The number of alkyl carbamates (subject to hydrolysis) is 1. The van der Waals surface area contributed by atoms with E-state index in [2.05, 4.69) is 68.8 Å². The van der Waals surface area contributed by atoms with Crippen molar-refractivity contribution in [3.05, 3.63) is 162 Å². The molecule has 4 bridgehead atoms. The number of amides is 19. The molecule has 44 heteroatoms. The third kappa shape index (κ3) is 29.4. The van der Waals surface area contributed by atoms with Gasteiger partial charge >= 0.3 is 6.09 Å². The summed E-state index contributed by atoms with van der Waals surface area (Å²) in [5.41, 5.74) is 17.4. The lowest BCUT2D eigenvalue weighted by Crippen LogP contribution is -2.62. The zero-order chi connectivity index (χ0) is 109. The highest BCUT2D eigenvalue weighted by atomic mass is 32.2. The molecule has 2 aromatic heterocycles. The third-order valence-electron chi connectivity index (χ3n) is 27.9. The number of carbonyl (C=O) groups excluding carboxylic acids is 19. The maximum atomic E-state index is 16.1. The standard InChI is InChI=1S/C106H139N21O22S/c1-11-13-31-84-98(140)115-75(42-58(3)4)95(137)121-82(93(135)111-51-89(108)131)56-150-57-91(133)113-78(44-61-35-37-64(128)38-36-61)101(143)122(8)60(7)92(134)117-80(48-88(107)130)103(145)126-41-23-34-85(126)99(141)120-81(50-112-106(148)149-55-72-70-28-17-15-26-68(70)69-27-16-18-29-71(69)72)97(139)118-77(43-59(5)6)104(146)127-53-65(129)47-87(127)100(142)116-76(45-62-49-110-73-30-21-19-24-66(62)73)96(138)114-74-39-40-109-90(132)54-125-52-63(67-25-20-22-33-83(67)125)46-79(119-94(74)136)102(144)124(10)86(32-14-12-2)105(147)123(84)9/h15-22,24-30,33,35-38,49,52,58-60,65,72,74-82,84-87,110,128-129H,11-14,23,31-32,34,39-48,50-51,53-57H2,1-10H3,(H2,107,130)(H2,108,131)(H,109,132)(H,111,135)(H,112,148)(H,113,133)(H,114,138)(H,115,140)(H,116,142)(H,117,134)(H,118,139)(H,119,136)(H,120,141)(H,121,137)/t60-,65+,74-,75-,76-,77-,78-,79-,80-,81-,82-,84-,85-,86-,87-/m0/s1. The summed E-state index contributed by atoms with van der Waals surface area (Å²) in [6.07, 6.45) is -0.179. The number of aromatic nitrogens is 2. The first-order valence-corrected chi connectivity index (χ1v) is 52.2. The highest BCUT2D eigenvalue weighted by molar-refractivity contribution is 8.00. The minimum absolute atomic E-state index is 0.00798. The van der Waals surface area contributed by atoms with E-state index in [-0.39, 0.29) is 102 Å². The number of aliphatic hydroxyl groups excluding tert-OH is 1. The van der Waals surface area contributed by atoms with E-state index in [4.69, 9.17) is 16.2 Å². The van der Waals surface area contributed by atoms with Crippen LogP contribution in [0, 0.1) is 11.8 Å². The molecule has 15 atom stereocenters. The molecule has 5 aliphatic rings. The van der Waals surface area contributed by atoms with Crippen molar-refractivity contribution in [2.24, 2.45) is 23.3 Å². The number of primary amides is 2. The van der Waals surface area contributed by atoms with E-state index in [1.54, 1.807) is 93.2 Å². The monoisotopic (exact) mass is 2090 g/mol. The number of nitrogens with one attached hydrogen (secondary N) is 13. The van der Waals surface area contributed by atoms with Crippen LogP contribution >= 0.6 is 11.8 Å². The molecule has 6 heterocycles. The minimum Gasteiger partial charge on any atom is -0.508 e. The van der Waals surface area contributed by atoms with Crippen LogP contribution in [0.5, 0.6) is 5.75 Å². The molecule has 3 saturated heterocycles. The molecule has 5 aromatic carbocycles. The quantitative estimate of drug-likeness (QED) is 0.0431. The van der Waals surface area contributed by atoms with Gasteiger partial charge in [-0.15, -0.1) is 11.8 Å². The van der Waals surface area contributed by atoms with Gasteiger partial charge in [0.25, 0.3) is 0 Å². The fourth-order valence-electron chi connectivity index (χ4n) is 19.9. The average molecular weight is 2090 g/mol. The van der Waals surface area contributed by atoms with E-state index in [1.807, 2.05) is 62.4 Å². The molecule has 1 aliphatic carbocycles. The van der Waals surface area contributed by atoms with Crippen molar-refractivity contribution in [1.29, 1.82) is 0 Å². The number of aliphatic hydroxyl groups is 1. The maximum Gasteiger partial charge on any atom is 0.407 e. The number of nitrogens with zero attached hydrogens (tertiary/aromatic N) is 6. The van der Waals surface area contributed by atoms with Crippen molar-refractivity contribution in [2.45, 2.75) is 254 Å². The zero-order valence-corrected chi connectivity index (χ0v) is 86.9. The fourth-order valence-corrected chi connectivity index (χ4v) is 20.7. The Morgan fingerprint density at radius 3 is 1.80 bits per heavy atom. The molecule has 12 rings (SSSR count). The van der Waals surface area contributed by atoms with Gasteiger partial charge in [-0.05, 0) is 127 Å². The van der Waals surface area contributed by atoms with Crippen molar-refractivity contribution in [2.75, 3.05) is 72.0 Å².